The first-order valence-corrected chi connectivity index (χ1v) is 6.14. The van der Waals surface area contributed by atoms with Gasteiger partial charge in [-0.2, -0.15) is 5.48 Å². The molecule has 3 rings (SSSR count). The Balaban J connectivity index is 1.84. The molecule has 0 saturated carbocycles. The number of aromatic nitrogens is 1. The largest absolute Gasteiger partial charge is 0.387 e. The number of nitrogens with zero attached hydrogens (tertiary/aromatic N) is 1. The van der Waals surface area contributed by atoms with Crippen molar-refractivity contribution in [2.24, 2.45) is 0 Å². The maximum absolute atomic E-state index is 9.88. The first kappa shape index (κ1) is 13.2. The van der Waals surface area contributed by atoms with Crippen LogP contribution in [0.1, 0.15) is 11.8 Å². The maximum Gasteiger partial charge on any atom is 0.167 e. The summed E-state index contributed by atoms with van der Waals surface area (Å²) in [6.07, 6.45) is -4.38. The van der Waals surface area contributed by atoms with Crippen molar-refractivity contribution < 1.29 is 24.7 Å². The zero-order chi connectivity index (χ0) is 14.1. The molecule has 1 saturated heterocycles. The molecule has 0 aliphatic carbocycles. The van der Waals surface area contributed by atoms with Gasteiger partial charge in [0.2, 0.25) is 0 Å². The predicted molar refractivity (Wildman–Crippen MR) is 66.5 cm³/mol. The summed E-state index contributed by atoms with van der Waals surface area (Å²) in [7, 11) is 0. The second-order valence-corrected chi connectivity index (χ2v) is 4.57. The summed E-state index contributed by atoms with van der Waals surface area (Å²) in [4.78, 5) is 0. The SMILES string of the molecule is ON[C@@H]1O[C@H](c2cc(-c3ccccc3)on2)[C@H](O)[C@H]1O. The topological polar surface area (TPSA) is 108 Å². The lowest BCUT2D eigenvalue weighted by atomic mass is 10.1. The molecule has 4 atom stereocenters. The van der Waals surface area contributed by atoms with E-state index in [1.54, 1.807) is 11.5 Å². The monoisotopic (exact) mass is 278 g/mol. The Kier molecular flexibility index (Phi) is 3.51. The summed E-state index contributed by atoms with van der Waals surface area (Å²) in [6, 6.07) is 11.0. The van der Waals surface area contributed by atoms with Crippen molar-refractivity contribution in [3.8, 4) is 11.3 Å². The van der Waals surface area contributed by atoms with Gasteiger partial charge in [0.1, 0.15) is 24.0 Å². The van der Waals surface area contributed by atoms with Gasteiger partial charge in [-0.15, -0.1) is 0 Å². The Morgan fingerprint density at radius 2 is 1.85 bits per heavy atom. The van der Waals surface area contributed by atoms with Crippen LogP contribution in [0.5, 0.6) is 0 Å². The van der Waals surface area contributed by atoms with Gasteiger partial charge in [0.25, 0.3) is 0 Å². The van der Waals surface area contributed by atoms with Gasteiger partial charge in [-0.3, -0.25) is 0 Å². The van der Waals surface area contributed by atoms with Crippen LogP contribution in [0.3, 0.4) is 0 Å². The van der Waals surface area contributed by atoms with Crippen LogP contribution in [0.15, 0.2) is 40.9 Å². The Labute approximate surface area is 114 Å². The zero-order valence-electron chi connectivity index (χ0n) is 10.4. The van der Waals surface area contributed by atoms with E-state index in [9.17, 15) is 10.2 Å². The molecule has 7 heteroatoms. The molecule has 0 amide bonds. The lowest BCUT2D eigenvalue weighted by Gasteiger charge is -2.11. The Morgan fingerprint density at radius 1 is 1.10 bits per heavy atom. The van der Waals surface area contributed by atoms with Crippen molar-refractivity contribution in [2.75, 3.05) is 0 Å². The highest BCUT2D eigenvalue weighted by molar-refractivity contribution is 5.57. The summed E-state index contributed by atoms with van der Waals surface area (Å²) < 4.78 is 10.5. The van der Waals surface area contributed by atoms with Crippen molar-refractivity contribution in [1.82, 2.24) is 10.6 Å². The van der Waals surface area contributed by atoms with E-state index in [2.05, 4.69) is 5.16 Å². The Hall–Kier alpha value is -1.77. The van der Waals surface area contributed by atoms with Gasteiger partial charge in [-0.25, -0.2) is 0 Å². The number of nitrogens with one attached hydrogen (secondary N) is 1. The van der Waals surface area contributed by atoms with Crippen LogP contribution in [0.2, 0.25) is 0 Å². The van der Waals surface area contributed by atoms with Crippen LogP contribution in [0.25, 0.3) is 11.3 Å². The number of rotatable bonds is 3. The molecule has 1 aliphatic rings. The zero-order valence-corrected chi connectivity index (χ0v) is 10.4. The molecule has 1 fully saturated rings. The molecular weight excluding hydrogens is 264 g/mol. The second kappa shape index (κ2) is 5.31. The Bertz CT molecular complexity index is 573. The summed E-state index contributed by atoms with van der Waals surface area (Å²) in [5.74, 6) is 0.534. The number of hydrogen-bond donors (Lipinski definition) is 4. The molecule has 7 nitrogen and oxygen atoms in total. The molecule has 20 heavy (non-hydrogen) atoms. The van der Waals surface area contributed by atoms with Gasteiger partial charge < -0.3 is 24.7 Å². The van der Waals surface area contributed by atoms with Crippen LogP contribution >= 0.6 is 0 Å². The van der Waals surface area contributed by atoms with Gasteiger partial charge in [0.15, 0.2) is 12.0 Å². The van der Waals surface area contributed by atoms with E-state index in [0.717, 1.165) is 5.56 Å². The summed E-state index contributed by atoms with van der Waals surface area (Å²) in [6.45, 7) is 0. The fourth-order valence-electron chi connectivity index (χ4n) is 2.19. The quantitative estimate of drug-likeness (QED) is 0.603. The molecule has 2 heterocycles. The number of benzene rings is 1. The highest BCUT2D eigenvalue weighted by atomic mass is 16.6. The van der Waals surface area contributed by atoms with E-state index in [4.69, 9.17) is 14.5 Å². The minimum atomic E-state index is -1.25. The minimum Gasteiger partial charge on any atom is -0.387 e. The molecule has 0 spiro atoms. The third kappa shape index (κ3) is 2.21. The van der Waals surface area contributed by atoms with Gasteiger partial charge in [-0.1, -0.05) is 35.5 Å². The molecule has 4 N–H and O–H groups in total. The van der Waals surface area contributed by atoms with Crippen molar-refractivity contribution >= 4 is 0 Å². The predicted octanol–water partition coefficient (Wildman–Crippen LogP) is 0.440. The average molecular weight is 278 g/mol. The third-order valence-corrected chi connectivity index (χ3v) is 3.27. The highest BCUT2D eigenvalue weighted by Crippen LogP contribution is 2.33. The minimum absolute atomic E-state index is 0.355. The van der Waals surface area contributed by atoms with Crippen molar-refractivity contribution in [3.63, 3.8) is 0 Å². The molecule has 1 aromatic carbocycles. The molecular formula is C13H14N2O5. The molecule has 0 bridgehead atoms. The molecule has 0 radical (unpaired) electrons. The van der Waals surface area contributed by atoms with E-state index in [1.165, 1.54) is 0 Å². The molecule has 2 aromatic rings. The van der Waals surface area contributed by atoms with Crippen molar-refractivity contribution in [1.29, 1.82) is 0 Å². The van der Waals surface area contributed by atoms with E-state index in [1.807, 2.05) is 30.3 Å². The fraction of sp³-hybridized carbons (Fsp3) is 0.308. The standard InChI is InChI=1S/C13H14N2O5/c16-10-11(17)13(14-18)19-12(10)8-6-9(20-15-8)7-4-2-1-3-5-7/h1-6,10-14,16-18H/t10-,11-,12-,13-/m1/s1. The molecule has 1 aliphatic heterocycles. The van der Waals surface area contributed by atoms with Gasteiger partial charge in [0, 0.05) is 11.6 Å². The number of ether oxygens (including phenoxy) is 1. The summed E-state index contributed by atoms with van der Waals surface area (Å²) in [5.41, 5.74) is 2.99. The van der Waals surface area contributed by atoms with Gasteiger partial charge in [0.05, 0.1) is 0 Å². The van der Waals surface area contributed by atoms with E-state index >= 15 is 0 Å². The second-order valence-electron chi connectivity index (χ2n) is 4.57. The normalized spacial score (nSPS) is 29.8. The number of aliphatic hydroxyl groups excluding tert-OH is 2. The number of hydroxylamine groups is 1. The van der Waals surface area contributed by atoms with Crippen LogP contribution in [0, 0.1) is 0 Å². The van der Waals surface area contributed by atoms with Crippen LogP contribution in [-0.2, 0) is 4.74 Å². The van der Waals surface area contributed by atoms with Crippen LogP contribution < -0.4 is 5.48 Å². The average Bonchev–Trinajstić information content (AvgIpc) is 3.07. The lowest BCUT2D eigenvalue weighted by Crippen LogP contribution is -2.38. The van der Waals surface area contributed by atoms with Crippen molar-refractivity contribution in [2.45, 2.75) is 24.5 Å². The summed E-state index contributed by atoms with van der Waals surface area (Å²) in [5, 5.41) is 32.2. The number of aliphatic hydroxyl groups is 2. The van der Waals surface area contributed by atoms with E-state index in [0.29, 0.717) is 11.5 Å². The van der Waals surface area contributed by atoms with Crippen LogP contribution in [0.4, 0.5) is 0 Å². The first-order chi connectivity index (χ1) is 9.70. The summed E-state index contributed by atoms with van der Waals surface area (Å²) >= 11 is 0. The van der Waals surface area contributed by atoms with E-state index < -0.39 is 24.5 Å². The van der Waals surface area contributed by atoms with Crippen LogP contribution in [-0.4, -0.2) is 39.0 Å². The molecule has 1 aromatic heterocycles. The van der Waals surface area contributed by atoms with E-state index in [-0.39, 0.29) is 0 Å². The third-order valence-electron chi connectivity index (χ3n) is 3.27. The maximum atomic E-state index is 9.88. The number of hydrogen-bond acceptors (Lipinski definition) is 7. The van der Waals surface area contributed by atoms with Gasteiger partial charge in [-0.05, 0) is 0 Å². The Morgan fingerprint density at radius 3 is 2.50 bits per heavy atom. The molecule has 106 valence electrons. The molecule has 0 unspecified atom stereocenters. The highest BCUT2D eigenvalue weighted by Gasteiger charge is 2.44. The van der Waals surface area contributed by atoms with Gasteiger partial charge >= 0.3 is 0 Å². The first-order valence-electron chi connectivity index (χ1n) is 6.14. The smallest absolute Gasteiger partial charge is 0.167 e. The van der Waals surface area contributed by atoms with Crippen molar-refractivity contribution in [3.05, 3.63) is 42.1 Å². The fourth-order valence-corrected chi connectivity index (χ4v) is 2.19. The lowest BCUT2D eigenvalue weighted by molar-refractivity contribution is -0.0805.